The normalized spacial score (nSPS) is 14.4. The Kier molecular flexibility index (Phi) is 4.34. The van der Waals surface area contributed by atoms with Crippen LogP contribution in [0.5, 0.6) is 0 Å². The van der Waals surface area contributed by atoms with Crippen molar-refractivity contribution in [2.24, 2.45) is 0 Å². The van der Waals surface area contributed by atoms with Crippen molar-refractivity contribution in [3.63, 3.8) is 0 Å². The van der Waals surface area contributed by atoms with Crippen LogP contribution in [0.2, 0.25) is 0 Å². The van der Waals surface area contributed by atoms with Gasteiger partial charge in [-0.15, -0.1) is 11.3 Å². The number of benzene rings is 1. The minimum Gasteiger partial charge on any atom is -0.355 e. The number of carbonyl (C=O) groups excluding carboxylic acids is 1. The average molecular weight is 371 g/mol. The van der Waals surface area contributed by atoms with Gasteiger partial charge in [0.15, 0.2) is 5.43 Å². The summed E-state index contributed by atoms with van der Waals surface area (Å²) in [5, 5.41) is 3.02. The molecular weight excluding hydrogens is 353 g/mol. The molecule has 2 N–H and O–H groups in total. The lowest BCUT2D eigenvalue weighted by atomic mass is 10.1. The van der Waals surface area contributed by atoms with Crippen LogP contribution in [-0.4, -0.2) is 29.4 Å². The Morgan fingerprint density at radius 3 is 3.04 bits per heavy atom. The third-order valence-corrected chi connectivity index (χ3v) is 5.90. The van der Waals surface area contributed by atoms with E-state index in [1.807, 2.05) is 6.07 Å². The smallest absolute Gasteiger partial charge is 0.261 e. The number of fused-ring (bicyclic) bond motifs is 2. The highest BCUT2D eigenvalue weighted by Gasteiger charge is 2.21. The van der Waals surface area contributed by atoms with Crippen LogP contribution in [0.3, 0.4) is 0 Å². The predicted molar refractivity (Wildman–Crippen MR) is 100 cm³/mol. The highest BCUT2D eigenvalue weighted by molar-refractivity contribution is 7.14. The molecular formula is C19H18FN3O2S. The number of halogens is 1. The van der Waals surface area contributed by atoms with Crippen LogP contribution >= 0.6 is 11.3 Å². The lowest BCUT2D eigenvalue weighted by Gasteiger charge is -2.26. The third-order valence-electron chi connectivity index (χ3n) is 4.66. The number of aromatic nitrogens is 1. The van der Waals surface area contributed by atoms with Crippen LogP contribution < -0.4 is 10.7 Å². The summed E-state index contributed by atoms with van der Waals surface area (Å²) in [4.78, 5) is 31.3. The molecule has 134 valence electrons. The van der Waals surface area contributed by atoms with Gasteiger partial charge in [0.25, 0.3) is 5.91 Å². The van der Waals surface area contributed by atoms with Crippen molar-refractivity contribution < 1.29 is 9.18 Å². The van der Waals surface area contributed by atoms with Crippen LogP contribution in [0.4, 0.5) is 4.39 Å². The first-order valence-electron chi connectivity index (χ1n) is 8.41. The molecule has 0 saturated carbocycles. The van der Waals surface area contributed by atoms with E-state index >= 15 is 0 Å². The Balaban J connectivity index is 1.58. The van der Waals surface area contributed by atoms with Crippen LogP contribution in [-0.2, 0) is 19.5 Å². The Hall–Kier alpha value is -2.51. The molecule has 1 aliphatic heterocycles. The topological polar surface area (TPSA) is 65.2 Å². The summed E-state index contributed by atoms with van der Waals surface area (Å²) in [5.41, 5.74) is 1.92. The van der Waals surface area contributed by atoms with Crippen molar-refractivity contribution in [3.8, 4) is 0 Å². The second-order valence-electron chi connectivity index (χ2n) is 6.42. The number of para-hydroxylation sites is 1. The average Bonchev–Trinajstić information content (AvgIpc) is 3.05. The lowest BCUT2D eigenvalue weighted by molar-refractivity contribution is 0.0967. The number of nitrogens with one attached hydrogen (secondary N) is 2. The lowest BCUT2D eigenvalue weighted by Crippen LogP contribution is -2.29. The van der Waals surface area contributed by atoms with Gasteiger partial charge < -0.3 is 10.3 Å². The Morgan fingerprint density at radius 1 is 1.38 bits per heavy atom. The fraction of sp³-hybridized carbons (Fsp3) is 0.263. The zero-order valence-corrected chi connectivity index (χ0v) is 15.1. The van der Waals surface area contributed by atoms with Crippen molar-refractivity contribution >= 4 is 28.1 Å². The molecule has 1 amide bonds. The van der Waals surface area contributed by atoms with Gasteiger partial charge in [-0.25, -0.2) is 4.39 Å². The van der Waals surface area contributed by atoms with Gasteiger partial charge in [-0.1, -0.05) is 6.07 Å². The molecule has 0 unspecified atom stereocenters. The second-order valence-corrected chi connectivity index (χ2v) is 7.56. The number of pyridine rings is 1. The van der Waals surface area contributed by atoms with Crippen LogP contribution in [0, 0.1) is 5.82 Å². The van der Waals surface area contributed by atoms with E-state index in [9.17, 15) is 14.0 Å². The first-order valence-corrected chi connectivity index (χ1v) is 9.23. The molecule has 0 fully saturated rings. The SMILES string of the molecule is CNC(=O)c1cc2c(s1)CCN(Cc1cc(=O)c3cccc(F)c3[nH]1)C2. The molecule has 0 saturated heterocycles. The number of nitrogens with zero attached hydrogens (tertiary/aromatic N) is 1. The summed E-state index contributed by atoms with van der Waals surface area (Å²) >= 11 is 1.54. The Labute approximate surface area is 153 Å². The molecule has 1 aromatic carbocycles. The summed E-state index contributed by atoms with van der Waals surface area (Å²) in [7, 11) is 1.63. The molecule has 1 aliphatic rings. The van der Waals surface area contributed by atoms with E-state index in [-0.39, 0.29) is 16.9 Å². The summed E-state index contributed by atoms with van der Waals surface area (Å²) in [6.07, 6.45) is 0.864. The van der Waals surface area contributed by atoms with Crippen molar-refractivity contribution in [2.45, 2.75) is 19.5 Å². The van der Waals surface area contributed by atoms with E-state index in [2.05, 4.69) is 15.2 Å². The molecule has 0 atom stereocenters. The Morgan fingerprint density at radius 2 is 2.23 bits per heavy atom. The van der Waals surface area contributed by atoms with Crippen LogP contribution in [0.15, 0.2) is 35.1 Å². The minimum atomic E-state index is -0.421. The van der Waals surface area contributed by atoms with Gasteiger partial charge in [0, 0.05) is 48.7 Å². The quantitative estimate of drug-likeness (QED) is 0.744. The Bertz CT molecular complexity index is 1060. The number of rotatable bonds is 3. The molecule has 3 heterocycles. The van der Waals surface area contributed by atoms with E-state index in [0.29, 0.717) is 24.2 Å². The summed E-state index contributed by atoms with van der Waals surface area (Å²) in [6, 6.07) is 7.99. The highest BCUT2D eigenvalue weighted by Crippen LogP contribution is 2.28. The minimum absolute atomic E-state index is 0.0646. The highest BCUT2D eigenvalue weighted by atomic mass is 32.1. The number of hydrogen-bond donors (Lipinski definition) is 2. The fourth-order valence-electron chi connectivity index (χ4n) is 3.38. The molecule has 26 heavy (non-hydrogen) atoms. The monoisotopic (exact) mass is 371 g/mol. The van der Waals surface area contributed by atoms with Gasteiger partial charge >= 0.3 is 0 Å². The first-order chi connectivity index (χ1) is 12.5. The number of thiophene rings is 1. The standard InChI is InChI=1S/C19H18FN3O2S/c1-21-19(25)17-7-11-9-23(6-5-16(11)26-17)10-12-8-15(24)13-3-2-4-14(20)18(13)22-12/h2-4,7-8H,5-6,9-10H2,1H3,(H,21,25)(H,22,24). The molecule has 2 aromatic heterocycles. The zero-order valence-electron chi connectivity index (χ0n) is 14.3. The van der Waals surface area contributed by atoms with E-state index in [1.54, 1.807) is 25.2 Å². The van der Waals surface area contributed by atoms with Gasteiger partial charge in [-0.3, -0.25) is 14.5 Å². The molecule has 7 heteroatoms. The zero-order chi connectivity index (χ0) is 18.3. The number of hydrogen-bond acceptors (Lipinski definition) is 4. The fourth-order valence-corrected chi connectivity index (χ4v) is 4.49. The molecule has 0 spiro atoms. The maximum absolute atomic E-state index is 14.0. The molecule has 5 nitrogen and oxygen atoms in total. The summed E-state index contributed by atoms with van der Waals surface area (Å²) in [6.45, 7) is 2.07. The summed E-state index contributed by atoms with van der Waals surface area (Å²) < 4.78 is 14.0. The van der Waals surface area contributed by atoms with Gasteiger partial charge in [0.1, 0.15) is 5.82 Å². The maximum Gasteiger partial charge on any atom is 0.261 e. The van der Waals surface area contributed by atoms with E-state index in [1.165, 1.54) is 22.3 Å². The molecule has 0 aliphatic carbocycles. The largest absolute Gasteiger partial charge is 0.355 e. The number of carbonyl (C=O) groups is 1. The van der Waals surface area contributed by atoms with Crippen molar-refractivity contribution in [1.29, 1.82) is 0 Å². The van der Waals surface area contributed by atoms with E-state index in [0.717, 1.165) is 23.4 Å². The van der Waals surface area contributed by atoms with Gasteiger partial charge in [0.05, 0.1) is 10.4 Å². The van der Waals surface area contributed by atoms with Gasteiger partial charge in [0.2, 0.25) is 0 Å². The van der Waals surface area contributed by atoms with Crippen molar-refractivity contribution in [3.05, 3.63) is 67.4 Å². The third kappa shape index (κ3) is 3.04. The molecule has 3 aromatic rings. The maximum atomic E-state index is 14.0. The van der Waals surface area contributed by atoms with E-state index in [4.69, 9.17) is 0 Å². The number of amides is 1. The number of aromatic amines is 1. The van der Waals surface area contributed by atoms with Crippen LogP contribution in [0.1, 0.15) is 25.8 Å². The second kappa shape index (κ2) is 6.66. The van der Waals surface area contributed by atoms with Gasteiger partial charge in [-0.05, 0) is 30.2 Å². The molecule has 0 bridgehead atoms. The van der Waals surface area contributed by atoms with Crippen LogP contribution in [0.25, 0.3) is 10.9 Å². The predicted octanol–water partition coefficient (Wildman–Crippen LogP) is 2.65. The van der Waals surface area contributed by atoms with Crippen molar-refractivity contribution in [1.82, 2.24) is 15.2 Å². The number of H-pyrrole nitrogens is 1. The van der Waals surface area contributed by atoms with E-state index < -0.39 is 5.82 Å². The summed E-state index contributed by atoms with van der Waals surface area (Å²) in [5.74, 6) is -0.485. The molecule has 0 radical (unpaired) electrons. The first kappa shape index (κ1) is 16.9. The molecule has 4 rings (SSSR count). The van der Waals surface area contributed by atoms with Crippen molar-refractivity contribution in [2.75, 3.05) is 13.6 Å². The van der Waals surface area contributed by atoms with Gasteiger partial charge in [-0.2, -0.15) is 0 Å².